The summed E-state index contributed by atoms with van der Waals surface area (Å²) < 4.78 is 0. The Kier molecular flexibility index (Phi) is 6.16. The fraction of sp³-hybridized carbons (Fsp3) is 0.348. The fourth-order valence-corrected chi connectivity index (χ4v) is 4.06. The zero-order valence-corrected chi connectivity index (χ0v) is 16.2. The smallest absolute Gasteiger partial charge is 0.106 e. The van der Waals surface area contributed by atoms with Crippen molar-refractivity contribution >= 4 is 35.7 Å². The van der Waals surface area contributed by atoms with E-state index >= 15 is 0 Å². The summed E-state index contributed by atoms with van der Waals surface area (Å²) in [5.41, 5.74) is 4.78. The molecule has 0 N–H and O–H groups in total. The SMILES string of the molecule is CC1=NC(c2ccccc2)=Cc2ccccc2N1CC1CCCCC1.Cl. The Morgan fingerprint density at radius 2 is 1.62 bits per heavy atom. The van der Waals surface area contributed by atoms with Gasteiger partial charge in [-0.3, -0.25) is 0 Å². The summed E-state index contributed by atoms with van der Waals surface area (Å²) in [6.07, 6.45) is 9.10. The molecule has 3 heteroatoms. The summed E-state index contributed by atoms with van der Waals surface area (Å²) in [6, 6.07) is 19.2. The maximum atomic E-state index is 5.01. The highest BCUT2D eigenvalue weighted by Gasteiger charge is 2.22. The monoisotopic (exact) mass is 366 g/mol. The highest BCUT2D eigenvalue weighted by atomic mass is 35.5. The lowest BCUT2D eigenvalue weighted by atomic mass is 9.88. The van der Waals surface area contributed by atoms with Crippen LogP contribution in [0, 0.1) is 5.92 Å². The predicted octanol–water partition coefficient (Wildman–Crippen LogP) is 6.43. The lowest BCUT2D eigenvalue weighted by Crippen LogP contribution is -2.34. The first-order chi connectivity index (χ1) is 12.3. The molecule has 136 valence electrons. The Balaban J connectivity index is 0.00000196. The summed E-state index contributed by atoms with van der Waals surface area (Å²) in [5, 5.41) is 0. The Morgan fingerprint density at radius 3 is 2.38 bits per heavy atom. The summed E-state index contributed by atoms with van der Waals surface area (Å²) in [7, 11) is 0. The lowest BCUT2D eigenvalue weighted by molar-refractivity contribution is 0.366. The summed E-state index contributed by atoms with van der Waals surface area (Å²) in [6.45, 7) is 3.24. The second-order valence-electron chi connectivity index (χ2n) is 7.23. The van der Waals surface area contributed by atoms with Crippen LogP contribution in [0.4, 0.5) is 5.69 Å². The van der Waals surface area contributed by atoms with Crippen LogP contribution in [0.1, 0.15) is 50.2 Å². The number of halogens is 1. The van der Waals surface area contributed by atoms with Crippen LogP contribution in [0.25, 0.3) is 11.8 Å². The van der Waals surface area contributed by atoms with Crippen LogP contribution in [-0.4, -0.2) is 12.4 Å². The fourth-order valence-electron chi connectivity index (χ4n) is 4.06. The van der Waals surface area contributed by atoms with Gasteiger partial charge in [-0.05, 0) is 37.8 Å². The number of hydrogen-bond acceptors (Lipinski definition) is 2. The number of amidine groups is 1. The molecule has 2 aromatic carbocycles. The van der Waals surface area contributed by atoms with Crippen LogP contribution in [0.15, 0.2) is 59.6 Å². The number of para-hydroxylation sites is 1. The molecule has 0 atom stereocenters. The third-order valence-corrected chi connectivity index (χ3v) is 5.43. The third kappa shape index (κ3) is 4.02. The third-order valence-electron chi connectivity index (χ3n) is 5.43. The van der Waals surface area contributed by atoms with Crippen LogP contribution < -0.4 is 4.90 Å². The summed E-state index contributed by atoms with van der Waals surface area (Å²) >= 11 is 0. The molecule has 2 aliphatic rings. The zero-order valence-electron chi connectivity index (χ0n) is 15.4. The minimum absolute atomic E-state index is 0. The highest BCUT2D eigenvalue weighted by Crippen LogP contribution is 2.33. The van der Waals surface area contributed by atoms with Crippen molar-refractivity contribution in [3.05, 3.63) is 65.7 Å². The van der Waals surface area contributed by atoms with Crippen molar-refractivity contribution in [1.29, 1.82) is 0 Å². The normalized spacial score (nSPS) is 17.5. The number of hydrogen-bond donors (Lipinski definition) is 0. The number of aliphatic imine (C=N–C) groups is 1. The van der Waals surface area contributed by atoms with E-state index in [0.29, 0.717) is 0 Å². The molecule has 0 saturated heterocycles. The van der Waals surface area contributed by atoms with Gasteiger partial charge in [0, 0.05) is 23.4 Å². The predicted molar refractivity (Wildman–Crippen MR) is 115 cm³/mol. The maximum Gasteiger partial charge on any atom is 0.106 e. The average molecular weight is 367 g/mol. The first kappa shape index (κ1) is 18.7. The van der Waals surface area contributed by atoms with Crippen molar-refractivity contribution in [2.75, 3.05) is 11.4 Å². The first-order valence-electron chi connectivity index (χ1n) is 9.50. The molecule has 1 aliphatic heterocycles. The molecule has 1 heterocycles. The number of rotatable bonds is 3. The topological polar surface area (TPSA) is 15.6 Å². The molecule has 2 nitrogen and oxygen atoms in total. The van der Waals surface area contributed by atoms with Gasteiger partial charge in [0.25, 0.3) is 0 Å². The van der Waals surface area contributed by atoms with Gasteiger partial charge >= 0.3 is 0 Å². The van der Waals surface area contributed by atoms with Gasteiger partial charge < -0.3 is 4.90 Å². The van der Waals surface area contributed by atoms with Crippen LogP contribution in [0.5, 0.6) is 0 Å². The summed E-state index contributed by atoms with van der Waals surface area (Å²) in [4.78, 5) is 7.45. The van der Waals surface area contributed by atoms with Gasteiger partial charge in [-0.25, -0.2) is 4.99 Å². The van der Waals surface area contributed by atoms with Gasteiger partial charge in [0.1, 0.15) is 5.84 Å². The number of nitrogens with zero attached hydrogens (tertiary/aromatic N) is 2. The molecule has 0 radical (unpaired) electrons. The van der Waals surface area contributed by atoms with Crippen molar-refractivity contribution in [1.82, 2.24) is 0 Å². The Morgan fingerprint density at radius 1 is 0.923 bits per heavy atom. The number of anilines is 1. The van der Waals surface area contributed by atoms with Crippen molar-refractivity contribution in [3.8, 4) is 0 Å². The molecule has 1 aliphatic carbocycles. The van der Waals surface area contributed by atoms with Crippen molar-refractivity contribution in [2.45, 2.75) is 39.0 Å². The van der Waals surface area contributed by atoms with E-state index in [1.807, 2.05) is 0 Å². The zero-order chi connectivity index (χ0) is 17.1. The van der Waals surface area contributed by atoms with Crippen LogP contribution >= 0.6 is 12.4 Å². The number of fused-ring (bicyclic) bond motifs is 1. The van der Waals surface area contributed by atoms with Gasteiger partial charge in [0.15, 0.2) is 0 Å². The minimum atomic E-state index is 0. The van der Waals surface area contributed by atoms with Crippen molar-refractivity contribution < 1.29 is 0 Å². The van der Waals surface area contributed by atoms with Crippen LogP contribution in [-0.2, 0) is 0 Å². The Hall–Kier alpha value is -2.06. The molecular weight excluding hydrogens is 340 g/mol. The highest BCUT2D eigenvalue weighted by molar-refractivity contribution is 6.05. The Bertz CT molecular complexity index is 789. The maximum absolute atomic E-state index is 5.01. The van der Waals surface area contributed by atoms with Gasteiger partial charge in [0.2, 0.25) is 0 Å². The number of benzene rings is 2. The van der Waals surface area contributed by atoms with Gasteiger partial charge in [0.05, 0.1) is 5.70 Å². The molecule has 4 rings (SSSR count). The standard InChI is InChI=1S/C23H26N2.ClH/c1-18-24-22(20-12-6-3-7-13-20)16-21-14-8-9-15-23(21)25(18)17-19-10-4-2-5-11-19;/h3,6-9,12-16,19H,2,4-5,10-11,17H2,1H3;1H. The van der Waals surface area contributed by atoms with Crippen LogP contribution in [0.3, 0.4) is 0 Å². The molecule has 1 fully saturated rings. The van der Waals surface area contributed by atoms with E-state index in [-0.39, 0.29) is 12.4 Å². The molecule has 2 aromatic rings. The van der Waals surface area contributed by atoms with E-state index in [2.05, 4.69) is 72.5 Å². The Labute approximate surface area is 163 Å². The molecule has 1 saturated carbocycles. The molecule has 26 heavy (non-hydrogen) atoms. The van der Waals surface area contributed by atoms with E-state index in [9.17, 15) is 0 Å². The van der Waals surface area contributed by atoms with Gasteiger partial charge in [-0.2, -0.15) is 0 Å². The molecule has 0 spiro atoms. The van der Waals surface area contributed by atoms with Crippen LogP contribution in [0.2, 0.25) is 0 Å². The second kappa shape index (κ2) is 8.55. The molecule has 0 aromatic heterocycles. The van der Waals surface area contributed by atoms with E-state index in [1.165, 1.54) is 48.9 Å². The molecule has 0 unspecified atom stereocenters. The van der Waals surface area contributed by atoms with E-state index in [4.69, 9.17) is 4.99 Å². The van der Waals surface area contributed by atoms with Crippen molar-refractivity contribution in [3.63, 3.8) is 0 Å². The van der Waals surface area contributed by atoms with E-state index in [1.54, 1.807) is 0 Å². The van der Waals surface area contributed by atoms with Gasteiger partial charge in [-0.1, -0.05) is 67.8 Å². The average Bonchev–Trinajstić information content (AvgIpc) is 2.80. The second-order valence-corrected chi connectivity index (χ2v) is 7.23. The molecule has 0 amide bonds. The summed E-state index contributed by atoms with van der Waals surface area (Å²) in [5.74, 6) is 1.89. The lowest BCUT2D eigenvalue weighted by Gasteiger charge is -2.31. The molecule has 0 bridgehead atoms. The first-order valence-corrected chi connectivity index (χ1v) is 9.50. The minimum Gasteiger partial charge on any atom is -0.329 e. The largest absolute Gasteiger partial charge is 0.329 e. The van der Waals surface area contributed by atoms with Gasteiger partial charge in [-0.15, -0.1) is 12.4 Å². The van der Waals surface area contributed by atoms with E-state index < -0.39 is 0 Å². The van der Waals surface area contributed by atoms with E-state index in [0.717, 1.165) is 24.0 Å². The van der Waals surface area contributed by atoms with Crippen molar-refractivity contribution in [2.24, 2.45) is 10.9 Å². The quantitative estimate of drug-likeness (QED) is 0.611. The molecular formula is C23H27ClN2.